The van der Waals surface area contributed by atoms with Crippen LogP contribution >= 0.6 is 11.8 Å². The fourth-order valence-electron chi connectivity index (χ4n) is 6.91. The van der Waals surface area contributed by atoms with Gasteiger partial charge in [0, 0.05) is 12.7 Å². The minimum Gasteiger partial charge on any atom is -0.455 e. The van der Waals surface area contributed by atoms with E-state index in [1.54, 1.807) is 12.1 Å². The van der Waals surface area contributed by atoms with Crippen LogP contribution in [0.15, 0.2) is 42.5 Å². The number of ether oxygens (including phenoxy) is 1. The Hall–Kier alpha value is -2.34. The Bertz CT molecular complexity index is 1030. The number of rotatable bonds is 8. The van der Waals surface area contributed by atoms with Gasteiger partial charge in [0.2, 0.25) is 0 Å². The molecular formula is C28H32FNO3S. The van der Waals surface area contributed by atoms with E-state index >= 15 is 0 Å². The molecule has 1 unspecified atom stereocenters. The molecule has 6 heteroatoms. The van der Waals surface area contributed by atoms with Gasteiger partial charge in [-0.05, 0) is 105 Å². The third kappa shape index (κ3) is 4.61. The first-order valence-electron chi connectivity index (χ1n) is 12.2. The summed E-state index contributed by atoms with van der Waals surface area (Å²) in [5.41, 5.74) is 3.17. The van der Waals surface area contributed by atoms with Crippen LogP contribution in [0.25, 0.3) is 0 Å². The third-order valence-electron chi connectivity index (χ3n) is 7.93. The van der Waals surface area contributed by atoms with Gasteiger partial charge < -0.3 is 14.4 Å². The van der Waals surface area contributed by atoms with Crippen LogP contribution in [-0.2, 0) is 9.53 Å². The van der Waals surface area contributed by atoms with E-state index in [1.165, 1.54) is 43.2 Å². The number of aryl methyl sites for hydroxylation is 1. The Morgan fingerprint density at radius 3 is 2.29 bits per heavy atom. The summed E-state index contributed by atoms with van der Waals surface area (Å²) in [7, 11) is 1.96. The average molecular weight is 482 g/mol. The maximum atomic E-state index is 13.5. The molecule has 34 heavy (non-hydrogen) atoms. The Morgan fingerprint density at radius 1 is 1.12 bits per heavy atom. The van der Waals surface area contributed by atoms with Crippen LogP contribution in [0, 0.1) is 30.5 Å². The van der Waals surface area contributed by atoms with Gasteiger partial charge >= 0.3 is 5.97 Å². The summed E-state index contributed by atoms with van der Waals surface area (Å²) in [5, 5.41) is -0.158. The van der Waals surface area contributed by atoms with Crippen LogP contribution in [0.3, 0.4) is 0 Å². The number of carbonyl (C=O) groups excluding carboxylic acids is 2. The minimum absolute atomic E-state index is 0.158. The Kier molecular flexibility index (Phi) is 6.45. The van der Waals surface area contributed by atoms with Crippen molar-refractivity contribution in [2.75, 3.05) is 17.7 Å². The van der Waals surface area contributed by atoms with Crippen LogP contribution in [-0.4, -0.2) is 30.7 Å². The molecule has 0 aliphatic heterocycles. The van der Waals surface area contributed by atoms with Crippen molar-refractivity contribution in [1.29, 1.82) is 0 Å². The summed E-state index contributed by atoms with van der Waals surface area (Å²) >= 11 is 1.48. The molecule has 1 atom stereocenters. The van der Waals surface area contributed by atoms with Gasteiger partial charge in [-0.2, -0.15) is 0 Å². The van der Waals surface area contributed by atoms with E-state index in [4.69, 9.17) is 4.74 Å². The molecule has 0 aromatic heterocycles. The molecule has 2 aromatic carbocycles. The maximum absolute atomic E-state index is 13.5. The standard InChI is InChI=1S/C28H32FNO3S/c1-18-11-23(27(32)33-28-15-19-12-20(16-28)14-21(13-19)17-28)5-8-25(18)30(2)26(34-10-9-31)22-3-6-24(29)7-4-22/h3-9,11,19-21,26H,10,12-17H2,1-2H3. The zero-order valence-electron chi connectivity index (χ0n) is 19.8. The lowest BCUT2D eigenvalue weighted by atomic mass is 9.54. The predicted molar refractivity (Wildman–Crippen MR) is 134 cm³/mol. The SMILES string of the molecule is Cc1cc(C(=O)OC23CC4CC(CC(C4)C2)C3)ccc1N(C)C(SCC=O)c1ccc(F)cc1. The highest BCUT2D eigenvalue weighted by molar-refractivity contribution is 8.00. The number of halogens is 1. The maximum Gasteiger partial charge on any atom is 0.338 e. The van der Waals surface area contributed by atoms with Crippen molar-refractivity contribution in [3.8, 4) is 0 Å². The first kappa shape index (κ1) is 23.4. The zero-order valence-corrected chi connectivity index (χ0v) is 20.7. The molecule has 4 nitrogen and oxygen atoms in total. The lowest BCUT2D eigenvalue weighted by Crippen LogP contribution is -2.52. The number of esters is 1. The van der Waals surface area contributed by atoms with E-state index in [2.05, 4.69) is 4.90 Å². The van der Waals surface area contributed by atoms with E-state index < -0.39 is 0 Å². The molecule has 0 radical (unpaired) electrons. The molecule has 4 bridgehead atoms. The van der Waals surface area contributed by atoms with Crippen LogP contribution in [0.4, 0.5) is 10.1 Å². The van der Waals surface area contributed by atoms with Gasteiger partial charge in [-0.3, -0.25) is 0 Å². The normalized spacial score (nSPS) is 27.9. The van der Waals surface area contributed by atoms with Crippen molar-refractivity contribution in [3.05, 3.63) is 65.0 Å². The summed E-state index contributed by atoms with van der Waals surface area (Å²) in [6, 6.07) is 12.1. The molecule has 0 amide bonds. The highest BCUT2D eigenvalue weighted by Crippen LogP contribution is 2.57. The highest BCUT2D eigenvalue weighted by Gasteiger charge is 2.53. The van der Waals surface area contributed by atoms with E-state index in [0.717, 1.165) is 60.1 Å². The molecule has 4 aliphatic rings. The minimum atomic E-state index is -0.288. The van der Waals surface area contributed by atoms with Gasteiger partial charge in [0.15, 0.2) is 0 Å². The third-order valence-corrected chi connectivity index (χ3v) is 9.17. The summed E-state index contributed by atoms with van der Waals surface area (Å²) in [4.78, 5) is 26.3. The molecule has 180 valence electrons. The van der Waals surface area contributed by atoms with Gasteiger partial charge in [-0.1, -0.05) is 12.1 Å². The monoisotopic (exact) mass is 481 g/mol. The van der Waals surface area contributed by atoms with E-state index in [0.29, 0.717) is 11.3 Å². The van der Waals surface area contributed by atoms with Gasteiger partial charge in [-0.15, -0.1) is 11.8 Å². The summed E-state index contributed by atoms with van der Waals surface area (Å²) < 4.78 is 19.7. The number of hydrogen-bond acceptors (Lipinski definition) is 5. The van der Waals surface area contributed by atoms with Gasteiger partial charge in [0.1, 0.15) is 23.1 Å². The van der Waals surface area contributed by atoms with Gasteiger partial charge in [0.25, 0.3) is 0 Å². The molecule has 2 aromatic rings. The second kappa shape index (κ2) is 9.37. The Morgan fingerprint density at radius 2 is 1.74 bits per heavy atom. The van der Waals surface area contributed by atoms with Crippen molar-refractivity contribution < 1.29 is 18.7 Å². The number of anilines is 1. The van der Waals surface area contributed by atoms with E-state index in [9.17, 15) is 14.0 Å². The summed E-state index contributed by atoms with van der Waals surface area (Å²) in [6.07, 6.45) is 7.90. The smallest absolute Gasteiger partial charge is 0.338 e. The molecule has 4 aliphatic carbocycles. The van der Waals surface area contributed by atoms with Crippen LogP contribution < -0.4 is 4.90 Å². The number of aldehydes is 1. The molecule has 0 heterocycles. The summed E-state index contributed by atoms with van der Waals surface area (Å²) in [6.45, 7) is 1.99. The van der Waals surface area contributed by atoms with Crippen molar-refractivity contribution in [2.45, 2.75) is 56.4 Å². The number of hydrogen-bond donors (Lipinski definition) is 0. The van der Waals surface area contributed by atoms with Gasteiger partial charge in [0.05, 0.1) is 11.3 Å². The molecule has 0 N–H and O–H groups in total. The predicted octanol–water partition coefficient (Wildman–Crippen LogP) is 6.33. The van der Waals surface area contributed by atoms with Crippen molar-refractivity contribution in [2.24, 2.45) is 17.8 Å². The molecular weight excluding hydrogens is 449 g/mol. The van der Waals surface area contributed by atoms with Crippen LogP contribution in [0.1, 0.15) is 65.4 Å². The van der Waals surface area contributed by atoms with E-state index in [-0.39, 0.29) is 22.8 Å². The lowest BCUT2D eigenvalue weighted by Gasteiger charge is -2.55. The lowest BCUT2D eigenvalue weighted by molar-refractivity contribution is -0.131. The number of nitrogens with zero attached hydrogens (tertiary/aromatic N) is 1. The fourth-order valence-corrected chi connectivity index (χ4v) is 7.85. The van der Waals surface area contributed by atoms with Crippen LogP contribution in [0.2, 0.25) is 0 Å². The quantitative estimate of drug-likeness (QED) is 0.251. The Labute approximate surface area is 205 Å². The number of benzene rings is 2. The van der Waals surface area contributed by atoms with Crippen LogP contribution in [0.5, 0.6) is 0 Å². The molecule has 0 saturated heterocycles. The molecule has 0 spiro atoms. The second-order valence-electron chi connectivity index (χ2n) is 10.5. The van der Waals surface area contributed by atoms with Gasteiger partial charge in [-0.25, -0.2) is 9.18 Å². The number of thioether (sulfide) groups is 1. The first-order valence-corrected chi connectivity index (χ1v) is 13.3. The largest absolute Gasteiger partial charge is 0.455 e. The topological polar surface area (TPSA) is 46.6 Å². The molecule has 4 fully saturated rings. The average Bonchev–Trinajstić information content (AvgIpc) is 2.79. The molecule has 6 rings (SSSR count). The van der Waals surface area contributed by atoms with Crippen molar-refractivity contribution >= 4 is 29.7 Å². The second-order valence-corrected chi connectivity index (χ2v) is 11.6. The highest BCUT2D eigenvalue weighted by atomic mass is 32.2. The molecule has 4 saturated carbocycles. The number of carbonyl (C=O) groups is 2. The summed E-state index contributed by atoms with van der Waals surface area (Å²) in [5.74, 6) is 2.01. The zero-order chi connectivity index (χ0) is 23.9. The van der Waals surface area contributed by atoms with E-state index in [1.807, 2.05) is 32.2 Å². The first-order chi connectivity index (χ1) is 16.4. The Balaban J connectivity index is 1.33. The van der Waals surface area contributed by atoms with Crippen molar-refractivity contribution in [3.63, 3.8) is 0 Å². The van der Waals surface area contributed by atoms with Crippen molar-refractivity contribution in [1.82, 2.24) is 0 Å². The fraction of sp³-hybridized carbons (Fsp3) is 0.500.